The first kappa shape index (κ1) is 10.8. The van der Waals surface area contributed by atoms with Crippen molar-refractivity contribution in [2.45, 2.75) is 31.8 Å². The van der Waals surface area contributed by atoms with E-state index in [1.165, 1.54) is 0 Å². The van der Waals surface area contributed by atoms with Crippen LogP contribution in [0.4, 0.5) is 0 Å². The highest BCUT2D eigenvalue weighted by molar-refractivity contribution is 6.30. The third-order valence-electron chi connectivity index (χ3n) is 3.13. The molecule has 0 bridgehead atoms. The van der Waals surface area contributed by atoms with Gasteiger partial charge < -0.3 is 9.84 Å². The Labute approximate surface area is 94.8 Å². The molecule has 15 heavy (non-hydrogen) atoms. The van der Waals surface area contributed by atoms with E-state index >= 15 is 0 Å². The maximum Gasteiger partial charge on any atom is 0.127 e. The highest BCUT2D eigenvalue weighted by Gasteiger charge is 2.39. The maximum absolute atomic E-state index is 10.3. The minimum Gasteiger partial charge on any atom is -0.496 e. The number of rotatable bonds is 2. The second-order valence-electron chi connectivity index (χ2n) is 4.19. The zero-order valence-corrected chi connectivity index (χ0v) is 9.77. The molecule has 2 nitrogen and oxygen atoms in total. The summed E-state index contributed by atoms with van der Waals surface area (Å²) in [5, 5.41) is 11.0. The zero-order valence-electron chi connectivity index (χ0n) is 9.01. The molecule has 2 rings (SSSR count). The summed E-state index contributed by atoms with van der Waals surface area (Å²) in [6.45, 7) is 1.94. The lowest BCUT2D eigenvalue weighted by Crippen LogP contribution is -2.34. The lowest BCUT2D eigenvalue weighted by atomic mass is 9.74. The molecule has 0 atom stereocenters. The molecule has 3 heteroatoms. The molecule has 1 saturated carbocycles. The van der Waals surface area contributed by atoms with Gasteiger partial charge in [0.25, 0.3) is 0 Å². The molecule has 82 valence electrons. The van der Waals surface area contributed by atoms with Gasteiger partial charge in [0, 0.05) is 10.6 Å². The van der Waals surface area contributed by atoms with Gasteiger partial charge in [-0.3, -0.25) is 0 Å². The van der Waals surface area contributed by atoms with Gasteiger partial charge in [-0.05, 0) is 43.9 Å². The van der Waals surface area contributed by atoms with Crippen molar-refractivity contribution in [1.29, 1.82) is 0 Å². The lowest BCUT2D eigenvalue weighted by molar-refractivity contribution is -0.0405. The first-order chi connectivity index (χ1) is 7.07. The Bertz CT molecular complexity index is 383. The van der Waals surface area contributed by atoms with Crippen LogP contribution in [0.25, 0.3) is 0 Å². The molecule has 1 N–H and O–H groups in total. The molecular formula is C12H15ClO2. The van der Waals surface area contributed by atoms with Gasteiger partial charge in [0.05, 0.1) is 12.7 Å². The van der Waals surface area contributed by atoms with Crippen molar-refractivity contribution in [3.8, 4) is 5.75 Å². The van der Waals surface area contributed by atoms with E-state index in [1.807, 2.05) is 19.1 Å². The summed E-state index contributed by atoms with van der Waals surface area (Å²) in [4.78, 5) is 0. The molecule has 0 spiro atoms. The third kappa shape index (κ3) is 1.72. The minimum absolute atomic E-state index is 0.656. The summed E-state index contributed by atoms with van der Waals surface area (Å²) in [5.41, 5.74) is 1.09. The Morgan fingerprint density at radius 1 is 1.40 bits per heavy atom. The number of benzene rings is 1. The first-order valence-corrected chi connectivity index (χ1v) is 5.51. The molecule has 0 heterocycles. The van der Waals surface area contributed by atoms with E-state index in [4.69, 9.17) is 16.3 Å². The molecule has 0 amide bonds. The average molecular weight is 227 g/mol. The van der Waals surface area contributed by atoms with Gasteiger partial charge in [0.2, 0.25) is 0 Å². The predicted molar refractivity (Wildman–Crippen MR) is 60.5 cm³/mol. The molecule has 1 aliphatic carbocycles. The highest BCUT2D eigenvalue weighted by atomic mass is 35.5. The van der Waals surface area contributed by atoms with Crippen LogP contribution >= 0.6 is 11.6 Å². The largest absolute Gasteiger partial charge is 0.496 e. The molecule has 1 aliphatic rings. The van der Waals surface area contributed by atoms with Crippen LogP contribution in [0.3, 0.4) is 0 Å². The fourth-order valence-electron chi connectivity index (χ4n) is 2.13. The number of hydrogen-bond donors (Lipinski definition) is 1. The molecule has 0 unspecified atom stereocenters. The van der Waals surface area contributed by atoms with Crippen molar-refractivity contribution < 1.29 is 9.84 Å². The Balaban J connectivity index is 2.53. The van der Waals surface area contributed by atoms with Crippen LogP contribution < -0.4 is 4.74 Å². The second kappa shape index (κ2) is 3.69. The van der Waals surface area contributed by atoms with Gasteiger partial charge in [-0.1, -0.05) is 11.6 Å². The Kier molecular flexibility index (Phi) is 2.65. The topological polar surface area (TPSA) is 29.5 Å². The predicted octanol–water partition coefficient (Wildman–Crippen LogP) is 3.03. The van der Waals surface area contributed by atoms with E-state index in [1.54, 1.807) is 7.11 Å². The SMILES string of the molecule is COc1c(C)cc(Cl)cc1C1(O)CCC1. The summed E-state index contributed by atoms with van der Waals surface area (Å²) >= 11 is 6.00. The average Bonchev–Trinajstić information content (AvgIpc) is 2.13. The molecule has 1 aromatic rings. The molecule has 0 aromatic heterocycles. The van der Waals surface area contributed by atoms with Crippen LogP contribution in [0, 0.1) is 6.92 Å². The van der Waals surface area contributed by atoms with Crippen molar-refractivity contribution in [2.75, 3.05) is 7.11 Å². The minimum atomic E-state index is -0.721. The van der Waals surface area contributed by atoms with E-state index in [-0.39, 0.29) is 0 Å². The number of aliphatic hydroxyl groups is 1. The quantitative estimate of drug-likeness (QED) is 0.840. The van der Waals surface area contributed by atoms with Crippen molar-refractivity contribution in [1.82, 2.24) is 0 Å². The Morgan fingerprint density at radius 3 is 2.53 bits per heavy atom. The van der Waals surface area contributed by atoms with Crippen LogP contribution in [0.2, 0.25) is 5.02 Å². The van der Waals surface area contributed by atoms with Crippen LogP contribution in [-0.4, -0.2) is 12.2 Å². The summed E-state index contributed by atoms with van der Waals surface area (Å²) < 4.78 is 5.33. The summed E-state index contributed by atoms with van der Waals surface area (Å²) in [7, 11) is 1.63. The normalized spacial score (nSPS) is 18.4. The van der Waals surface area contributed by atoms with Crippen LogP contribution in [-0.2, 0) is 5.60 Å². The van der Waals surface area contributed by atoms with Gasteiger partial charge in [0.1, 0.15) is 5.75 Å². The molecular weight excluding hydrogens is 212 g/mol. The molecule has 0 radical (unpaired) electrons. The lowest BCUT2D eigenvalue weighted by Gasteiger charge is -2.38. The third-order valence-corrected chi connectivity index (χ3v) is 3.34. The van der Waals surface area contributed by atoms with Crippen molar-refractivity contribution >= 4 is 11.6 Å². The van der Waals surface area contributed by atoms with E-state index in [9.17, 15) is 5.11 Å². The highest BCUT2D eigenvalue weighted by Crippen LogP contribution is 2.46. The Hall–Kier alpha value is -0.730. The number of halogens is 1. The van der Waals surface area contributed by atoms with Gasteiger partial charge in [-0.25, -0.2) is 0 Å². The van der Waals surface area contributed by atoms with Crippen LogP contribution in [0.5, 0.6) is 5.75 Å². The maximum atomic E-state index is 10.3. The first-order valence-electron chi connectivity index (χ1n) is 5.14. The standard InChI is InChI=1S/C12H15ClO2/c1-8-6-9(13)7-10(11(8)15-2)12(14)4-3-5-12/h6-7,14H,3-5H2,1-2H3. The van der Waals surface area contributed by atoms with Crippen LogP contribution in [0.15, 0.2) is 12.1 Å². The van der Waals surface area contributed by atoms with E-state index in [0.717, 1.165) is 36.1 Å². The summed E-state index contributed by atoms with van der Waals surface area (Å²) in [5.74, 6) is 0.765. The fourth-order valence-corrected chi connectivity index (χ4v) is 2.40. The van der Waals surface area contributed by atoms with Gasteiger partial charge in [0.15, 0.2) is 0 Å². The molecule has 1 fully saturated rings. The number of aryl methyl sites for hydroxylation is 1. The fraction of sp³-hybridized carbons (Fsp3) is 0.500. The molecule has 1 aromatic carbocycles. The summed E-state index contributed by atoms with van der Waals surface area (Å²) in [6, 6.07) is 3.67. The number of methoxy groups -OCH3 is 1. The van der Waals surface area contributed by atoms with Crippen molar-refractivity contribution in [2.24, 2.45) is 0 Å². The van der Waals surface area contributed by atoms with Crippen LogP contribution in [0.1, 0.15) is 30.4 Å². The number of hydrogen-bond acceptors (Lipinski definition) is 2. The zero-order chi connectivity index (χ0) is 11.1. The van der Waals surface area contributed by atoms with Gasteiger partial charge in [-0.2, -0.15) is 0 Å². The monoisotopic (exact) mass is 226 g/mol. The smallest absolute Gasteiger partial charge is 0.127 e. The van der Waals surface area contributed by atoms with Crippen molar-refractivity contribution in [3.05, 3.63) is 28.3 Å². The number of ether oxygens (including phenoxy) is 1. The van der Waals surface area contributed by atoms with E-state index < -0.39 is 5.60 Å². The second-order valence-corrected chi connectivity index (χ2v) is 4.63. The Morgan fingerprint density at radius 2 is 2.07 bits per heavy atom. The van der Waals surface area contributed by atoms with E-state index in [0.29, 0.717) is 5.02 Å². The van der Waals surface area contributed by atoms with Gasteiger partial charge in [-0.15, -0.1) is 0 Å². The molecule has 0 aliphatic heterocycles. The van der Waals surface area contributed by atoms with E-state index in [2.05, 4.69) is 0 Å². The van der Waals surface area contributed by atoms with Gasteiger partial charge >= 0.3 is 0 Å². The molecule has 0 saturated heterocycles. The summed E-state index contributed by atoms with van der Waals surface area (Å²) in [6.07, 6.45) is 2.65. The van der Waals surface area contributed by atoms with Crippen molar-refractivity contribution in [3.63, 3.8) is 0 Å².